The van der Waals surface area contributed by atoms with Crippen molar-refractivity contribution in [2.24, 2.45) is 0 Å². The van der Waals surface area contributed by atoms with Gasteiger partial charge in [0.2, 0.25) is 11.8 Å². The number of hydrogen-bond donors (Lipinski definition) is 3. The summed E-state index contributed by atoms with van der Waals surface area (Å²) in [6.45, 7) is 1.59. The molecule has 0 fully saturated rings. The van der Waals surface area contributed by atoms with Crippen LogP contribution in [0.15, 0.2) is 91.0 Å². The first-order valence-corrected chi connectivity index (χ1v) is 12.5. The van der Waals surface area contributed by atoms with Gasteiger partial charge in [-0.15, -0.1) is 0 Å². The zero-order chi connectivity index (χ0) is 27.8. The molecule has 8 nitrogen and oxygen atoms in total. The van der Waals surface area contributed by atoms with Crippen LogP contribution in [0.1, 0.15) is 22.8 Å². The monoisotopic (exact) mass is 525 g/mol. The Kier molecular flexibility index (Phi) is 8.78. The number of rotatable bonds is 10. The summed E-state index contributed by atoms with van der Waals surface area (Å²) < 4.78 is 10.4. The molecular formula is C31H31N3O5. The first-order chi connectivity index (χ1) is 18.9. The lowest BCUT2D eigenvalue weighted by atomic mass is 10.0. The van der Waals surface area contributed by atoms with Crippen LogP contribution in [0.4, 0.5) is 5.69 Å². The molecule has 2 atom stereocenters. The quantitative estimate of drug-likeness (QED) is 0.286. The highest BCUT2D eigenvalue weighted by Gasteiger charge is 2.26. The SMILES string of the molecule is COc1ccc(C[C@H](NC(=O)c2cccc3ccccc23)C(=O)N[C@@H](C)C(=O)Nc2ccc(OC)cc2)cc1. The molecule has 0 aliphatic carbocycles. The van der Waals surface area contributed by atoms with E-state index in [1.54, 1.807) is 69.7 Å². The van der Waals surface area contributed by atoms with Gasteiger partial charge in [0, 0.05) is 17.7 Å². The minimum absolute atomic E-state index is 0.221. The fourth-order valence-electron chi connectivity index (χ4n) is 4.17. The summed E-state index contributed by atoms with van der Waals surface area (Å²) in [4.78, 5) is 39.6. The molecule has 0 unspecified atom stereocenters. The van der Waals surface area contributed by atoms with Crippen molar-refractivity contribution in [3.05, 3.63) is 102 Å². The molecule has 39 heavy (non-hydrogen) atoms. The maximum Gasteiger partial charge on any atom is 0.252 e. The maximum atomic E-state index is 13.4. The molecule has 3 amide bonds. The number of benzene rings is 4. The molecule has 0 saturated carbocycles. The van der Waals surface area contributed by atoms with Crippen LogP contribution in [0.25, 0.3) is 10.8 Å². The van der Waals surface area contributed by atoms with E-state index in [1.807, 2.05) is 42.5 Å². The van der Waals surface area contributed by atoms with E-state index < -0.39 is 23.9 Å². The van der Waals surface area contributed by atoms with Crippen LogP contribution in [0.2, 0.25) is 0 Å². The van der Waals surface area contributed by atoms with Crippen LogP contribution in [-0.4, -0.2) is 44.0 Å². The number of carbonyl (C=O) groups excluding carboxylic acids is 3. The molecule has 0 aromatic heterocycles. The predicted molar refractivity (Wildman–Crippen MR) is 151 cm³/mol. The molecule has 0 radical (unpaired) electrons. The zero-order valence-corrected chi connectivity index (χ0v) is 22.1. The average Bonchev–Trinajstić information content (AvgIpc) is 2.97. The van der Waals surface area contributed by atoms with Gasteiger partial charge in [-0.2, -0.15) is 0 Å². The minimum atomic E-state index is -0.930. The smallest absolute Gasteiger partial charge is 0.252 e. The summed E-state index contributed by atoms with van der Waals surface area (Å²) in [5, 5.41) is 10.1. The first-order valence-electron chi connectivity index (χ1n) is 12.5. The Labute approximate surface area is 227 Å². The molecule has 4 aromatic carbocycles. The Morgan fingerprint density at radius 2 is 1.33 bits per heavy atom. The molecule has 0 aliphatic rings. The van der Waals surface area contributed by atoms with E-state index in [0.29, 0.717) is 22.7 Å². The van der Waals surface area contributed by atoms with Gasteiger partial charge in [0.1, 0.15) is 23.6 Å². The van der Waals surface area contributed by atoms with Crippen LogP contribution in [-0.2, 0) is 16.0 Å². The molecule has 8 heteroatoms. The highest BCUT2D eigenvalue weighted by atomic mass is 16.5. The van der Waals surface area contributed by atoms with E-state index in [9.17, 15) is 14.4 Å². The van der Waals surface area contributed by atoms with Crippen molar-refractivity contribution in [1.82, 2.24) is 10.6 Å². The summed E-state index contributed by atoms with van der Waals surface area (Å²) >= 11 is 0. The van der Waals surface area contributed by atoms with Crippen LogP contribution >= 0.6 is 0 Å². The highest BCUT2D eigenvalue weighted by Crippen LogP contribution is 2.19. The van der Waals surface area contributed by atoms with Gasteiger partial charge in [-0.1, -0.05) is 48.5 Å². The van der Waals surface area contributed by atoms with Gasteiger partial charge in [0.15, 0.2) is 0 Å². The standard InChI is InChI=1S/C31H31N3O5/c1-20(29(35)33-23-13-17-25(39-3)18-14-23)32-31(37)28(19-21-11-15-24(38-2)16-12-21)34-30(36)27-10-6-8-22-7-4-5-9-26(22)27/h4-18,20,28H,19H2,1-3H3,(H,32,37)(H,33,35)(H,34,36)/t20-,28-/m0/s1. The second-order valence-electron chi connectivity index (χ2n) is 9.05. The van der Waals surface area contributed by atoms with Gasteiger partial charge in [0.05, 0.1) is 14.2 Å². The van der Waals surface area contributed by atoms with Gasteiger partial charge in [0.25, 0.3) is 5.91 Å². The molecule has 0 heterocycles. The summed E-state index contributed by atoms with van der Waals surface area (Å²) in [6.07, 6.45) is 0.221. The Hall–Kier alpha value is -4.85. The fraction of sp³-hybridized carbons (Fsp3) is 0.194. The van der Waals surface area contributed by atoms with Crippen molar-refractivity contribution >= 4 is 34.2 Å². The fourth-order valence-corrected chi connectivity index (χ4v) is 4.17. The lowest BCUT2D eigenvalue weighted by molar-refractivity contribution is -0.127. The van der Waals surface area contributed by atoms with E-state index in [1.165, 1.54) is 0 Å². The topological polar surface area (TPSA) is 106 Å². The average molecular weight is 526 g/mol. The third-order valence-electron chi connectivity index (χ3n) is 6.36. The van der Waals surface area contributed by atoms with E-state index in [2.05, 4.69) is 16.0 Å². The number of fused-ring (bicyclic) bond motifs is 1. The van der Waals surface area contributed by atoms with Crippen LogP contribution < -0.4 is 25.4 Å². The van der Waals surface area contributed by atoms with E-state index >= 15 is 0 Å². The van der Waals surface area contributed by atoms with Crippen molar-refractivity contribution in [3.63, 3.8) is 0 Å². The Balaban J connectivity index is 1.51. The zero-order valence-electron chi connectivity index (χ0n) is 22.1. The number of ether oxygens (including phenoxy) is 2. The van der Waals surface area contributed by atoms with Crippen molar-refractivity contribution in [2.45, 2.75) is 25.4 Å². The molecule has 4 aromatic rings. The Morgan fingerprint density at radius 3 is 2.00 bits per heavy atom. The highest BCUT2D eigenvalue weighted by molar-refractivity contribution is 6.08. The normalized spacial score (nSPS) is 12.2. The van der Waals surface area contributed by atoms with E-state index in [4.69, 9.17) is 9.47 Å². The van der Waals surface area contributed by atoms with Gasteiger partial charge in [-0.3, -0.25) is 14.4 Å². The van der Waals surface area contributed by atoms with Crippen LogP contribution in [0, 0.1) is 0 Å². The molecule has 0 aliphatic heterocycles. The summed E-state index contributed by atoms with van der Waals surface area (Å²) in [7, 11) is 3.14. The van der Waals surface area contributed by atoms with Crippen LogP contribution in [0.5, 0.6) is 11.5 Å². The summed E-state index contributed by atoms with van der Waals surface area (Å²) in [6, 6.07) is 25.4. The third kappa shape index (κ3) is 6.93. The molecule has 3 N–H and O–H groups in total. The first kappa shape index (κ1) is 27.2. The predicted octanol–water partition coefficient (Wildman–Crippen LogP) is 4.34. The van der Waals surface area contributed by atoms with Crippen molar-refractivity contribution in [1.29, 1.82) is 0 Å². The summed E-state index contributed by atoms with van der Waals surface area (Å²) in [5.74, 6) is 0.103. The van der Waals surface area contributed by atoms with Crippen molar-refractivity contribution < 1.29 is 23.9 Å². The number of methoxy groups -OCH3 is 2. The largest absolute Gasteiger partial charge is 0.497 e. The van der Waals surface area contributed by atoms with Crippen LogP contribution in [0.3, 0.4) is 0 Å². The molecule has 4 rings (SSSR count). The number of nitrogens with one attached hydrogen (secondary N) is 3. The minimum Gasteiger partial charge on any atom is -0.497 e. The second-order valence-corrected chi connectivity index (χ2v) is 9.05. The molecule has 0 bridgehead atoms. The third-order valence-corrected chi connectivity index (χ3v) is 6.36. The lowest BCUT2D eigenvalue weighted by Gasteiger charge is -2.22. The van der Waals surface area contributed by atoms with Gasteiger partial charge < -0.3 is 25.4 Å². The van der Waals surface area contributed by atoms with E-state index in [0.717, 1.165) is 16.3 Å². The second kappa shape index (κ2) is 12.6. The molecule has 0 spiro atoms. The number of carbonyl (C=O) groups is 3. The number of hydrogen-bond acceptors (Lipinski definition) is 5. The van der Waals surface area contributed by atoms with E-state index in [-0.39, 0.29) is 12.3 Å². The lowest BCUT2D eigenvalue weighted by Crippen LogP contribution is -2.52. The van der Waals surface area contributed by atoms with Gasteiger partial charge in [-0.25, -0.2) is 0 Å². The maximum absolute atomic E-state index is 13.4. The Bertz CT molecular complexity index is 1450. The van der Waals surface area contributed by atoms with Gasteiger partial charge in [-0.05, 0) is 65.7 Å². The van der Waals surface area contributed by atoms with Crippen molar-refractivity contribution in [3.8, 4) is 11.5 Å². The number of anilines is 1. The molecule has 0 saturated heterocycles. The molecule has 200 valence electrons. The number of amides is 3. The Morgan fingerprint density at radius 1 is 0.718 bits per heavy atom. The molecular weight excluding hydrogens is 494 g/mol. The summed E-state index contributed by atoms with van der Waals surface area (Å²) in [5.41, 5.74) is 1.86. The van der Waals surface area contributed by atoms with Gasteiger partial charge >= 0.3 is 0 Å². The van der Waals surface area contributed by atoms with Crippen molar-refractivity contribution in [2.75, 3.05) is 19.5 Å².